The Balaban J connectivity index is 2.84. The lowest BCUT2D eigenvalue weighted by Gasteiger charge is -2.28. The molecular formula is C14H19NO3. The Morgan fingerprint density at radius 1 is 1.28 bits per heavy atom. The smallest absolute Gasteiger partial charge is 0.410 e. The maximum absolute atomic E-state index is 11.9. The Morgan fingerprint density at radius 3 is 2.28 bits per heavy atom. The number of carbonyl (C=O) groups excluding carboxylic acids is 2. The van der Waals surface area contributed by atoms with Crippen LogP contribution in [0.5, 0.6) is 0 Å². The van der Waals surface area contributed by atoms with Crippen LogP contribution in [0, 0.1) is 0 Å². The number of amides is 1. The van der Waals surface area contributed by atoms with Gasteiger partial charge < -0.3 is 9.53 Å². The Labute approximate surface area is 108 Å². The number of ether oxygens (including phenoxy) is 1. The summed E-state index contributed by atoms with van der Waals surface area (Å²) in [7, 11) is 1.56. The molecule has 0 aliphatic heterocycles. The van der Waals surface area contributed by atoms with Crippen molar-refractivity contribution in [1.29, 1.82) is 0 Å². The molecule has 0 fully saturated rings. The predicted octanol–water partition coefficient (Wildman–Crippen LogP) is 2.79. The van der Waals surface area contributed by atoms with E-state index in [1.165, 1.54) is 4.90 Å². The first-order valence-electron chi connectivity index (χ1n) is 5.81. The average molecular weight is 249 g/mol. The van der Waals surface area contributed by atoms with Crippen molar-refractivity contribution in [2.75, 3.05) is 7.05 Å². The number of carbonyl (C=O) groups is 2. The van der Waals surface area contributed by atoms with Gasteiger partial charge in [-0.25, -0.2) is 4.79 Å². The van der Waals surface area contributed by atoms with Gasteiger partial charge in [0.1, 0.15) is 17.9 Å². The molecule has 0 bridgehead atoms. The number of benzene rings is 1. The van der Waals surface area contributed by atoms with Crippen LogP contribution in [0.2, 0.25) is 0 Å². The quantitative estimate of drug-likeness (QED) is 0.774. The molecule has 18 heavy (non-hydrogen) atoms. The van der Waals surface area contributed by atoms with Gasteiger partial charge in [0.05, 0.1) is 0 Å². The molecule has 0 N–H and O–H groups in total. The topological polar surface area (TPSA) is 46.6 Å². The summed E-state index contributed by atoms with van der Waals surface area (Å²) in [6.07, 6.45) is 0.225. The van der Waals surface area contributed by atoms with Gasteiger partial charge in [0.25, 0.3) is 0 Å². The second kappa shape index (κ2) is 5.67. The number of hydrogen-bond acceptors (Lipinski definition) is 3. The Bertz CT molecular complexity index is 409. The molecule has 0 saturated carbocycles. The van der Waals surface area contributed by atoms with Gasteiger partial charge >= 0.3 is 6.09 Å². The molecule has 0 radical (unpaired) electrons. The van der Waals surface area contributed by atoms with E-state index in [-0.39, 0.29) is 0 Å². The molecule has 1 aromatic carbocycles. The van der Waals surface area contributed by atoms with Crippen molar-refractivity contribution in [3.63, 3.8) is 0 Å². The van der Waals surface area contributed by atoms with Gasteiger partial charge in [-0.15, -0.1) is 0 Å². The van der Waals surface area contributed by atoms with E-state index in [0.29, 0.717) is 0 Å². The largest absolute Gasteiger partial charge is 0.444 e. The SMILES string of the molecule is CN(C(=O)OC(C)(C)C)[C@H](C=O)c1ccccc1. The zero-order valence-corrected chi connectivity index (χ0v) is 11.2. The molecule has 0 unspecified atom stereocenters. The van der Waals surface area contributed by atoms with E-state index in [1.807, 2.05) is 18.2 Å². The van der Waals surface area contributed by atoms with Crippen molar-refractivity contribution in [2.24, 2.45) is 0 Å². The van der Waals surface area contributed by atoms with Gasteiger partial charge in [-0.05, 0) is 26.3 Å². The standard InChI is InChI=1S/C14H19NO3/c1-14(2,3)18-13(17)15(4)12(10-16)11-8-6-5-7-9-11/h5-10,12H,1-4H3/t12-/m1/s1. The van der Waals surface area contributed by atoms with Gasteiger partial charge in [0, 0.05) is 7.05 Å². The molecule has 98 valence electrons. The lowest BCUT2D eigenvalue weighted by atomic mass is 10.1. The zero-order valence-electron chi connectivity index (χ0n) is 11.2. The summed E-state index contributed by atoms with van der Waals surface area (Å²) in [5.74, 6) is 0. The highest BCUT2D eigenvalue weighted by atomic mass is 16.6. The molecular weight excluding hydrogens is 230 g/mol. The summed E-state index contributed by atoms with van der Waals surface area (Å²) in [6, 6.07) is 8.50. The zero-order chi connectivity index (χ0) is 13.8. The van der Waals surface area contributed by atoms with Crippen LogP contribution in [0.1, 0.15) is 32.4 Å². The summed E-state index contributed by atoms with van der Waals surface area (Å²) in [5.41, 5.74) is 0.191. The summed E-state index contributed by atoms with van der Waals surface area (Å²) >= 11 is 0. The van der Waals surface area contributed by atoms with Crippen LogP contribution < -0.4 is 0 Å². The molecule has 4 nitrogen and oxygen atoms in total. The third-order valence-electron chi connectivity index (χ3n) is 2.37. The molecule has 0 saturated heterocycles. The van der Waals surface area contributed by atoms with E-state index in [9.17, 15) is 9.59 Å². The average Bonchev–Trinajstić information content (AvgIpc) is 2.29. The Morgan fingerprint density at radius 2 is 1.83 bits per heavy atom. The first kappa shape index (κ1) is 14.2. The van der Waals surface area contributed by atoms with Crippen molar-refractivity contribution in [3.05, 3.63) is 35.9 Å². The second-order valence-electron chi connectivity index (χ2n) is 5.08. The van der Waals surface area contributed by atoms with Gasteiger partial charge in [-0.2, -0.15) is 0 Å². The van der Waals surface area contributed by atoms with Gasteiger partial charge in [-0.1, -0.05) is 30.3 Å². The van der Waals surface area contributed by atoms with Crippen molar-refractivity contribution < 1.29 is 14.3 Å². The Kier molecular flexibility index (Phi) is 4.48. The maximum Gasteiger partial charge on any atom is 0.410 e. The van der Waals surface area contributed by atoms with Gasteiger partial charge in [0.2, 0.25) is 0 Å². The van der Waals surface area contributed by atoms with Crippen molar-refractivity contribution in [3.8, 4) is 0 Å². The lowest BCUT2D eigenvalue weighted by Crippen LogP contribution is -2.37. The summed E-state index contributed by atoms with van der Waals surface area (Å²) in [6.45, 7) is 5.37. The summed E-state index contributed by atoms with van der Waals surface area (Å²) in [5, 5.41) is 0. The fourth-order valence-electron chi connectivity index (χ4n) is 1.49. The van der Waals surface area contributed by atoms with Crippen LogP contribution in [0.15, 0.2) is 30.3 Å². The molecule has 1 aromatic rings. The van der Waals surface area contributed by atoms with E-state index in [4.69, 9.17) is 4.74 Å². The number of rotatable bonds is 3. The minimum atomic E-state index is -0.624. The van der Waals surface area contributed by atoms with Gasteiger partial charge in [-0.3, -0.25) is 4.90 Å². The molecule has 1 amide bonds. The molecule has 0 aliphatic carbocycles. The Hall–Kier alpha value is -1.84. The third kappa shape index (κ3) is 3.87. The van der Waals surface area contributed by atoms with Crippen molar-refractivity contribution in [2.45, 2.75) is 32.4 Å². The molecule has 0 spiro atoms. The fraction of sp³-hybridized carbons (Fsp3) is 0.429. The molecule has 1 atom stereocenters. The first-order chi connectivity index (χ1) is 8.35. The highest BCUT2D eigenvalue weighted by Crippen LogP contribution is 2.19. The van der Waals surface area contributed by atoms with Crippen LogP contribution >= 0.6 is 0 Å². The molecule has 4 heteroatoms. The van der Waals surface area contributed by atoms with E-state index in [2.05, 4.69) is 0 Å². The second-order valence-corrected chi connectivity index (χ2v) is 5.08. The van der Waals surface area contributed by atoms with Crippen LogP contribution in [-0.2, 0) is 9.53 Å². The minimum Gasteiger partial charge on any atom is -0.444 e. The molecule has 0 aromatic heterocycles. The number of nitrogens with zero attached hydrogens (tertiary/aromatic N) is 1. The monoisotopic (exact) mass is 249 g/mol. The first-order valence-corrected chi connectivity index (χ1v) is 5.81. The summed E-state index contributed by atoms with van der Waals surface area (Å²) in [4.78, 5) is 24.3. The maximum atomic E-state index is 11.9. The van der Waals surface area contributed by atoms with Crippen LogP contribution in [0.3, 0.4) is 0 Å². The molecule has 0 aliphatic rings. The van der Waals surface area contributed by atoms with Crippen molar-refractivity contribution >= 4 is 12.4 Å². The van der Waals surface area contributed by atoms with E-state index >= 15 is 0 Å². The fourth-order valence-corrected chi connectivity index (χ4v) is 1.49. The van der Waals surface area contributed by atoms with Crippen LogP contribution in [-0.4, -0.2) is 29.9 Å². The lowest BCUT2D eigenvalue weighted by molar-refractivity contribution is -0.112. The highest BCUT2D eigenvalue weighted by molar-refractivity contribution is 5.74. The van der Waals surface area contributed by atoms with Crippen LogP contribution in [0.4, 0.5) is 4.79 Å². The molecule has 0 heterocycles. The number of aldehydes is 1. The normalized spacial score (nSPS) is 12.7. The number of hydrogen-bond donors (Lipinski definition) is 0. The van der Waals surface area contributed by atoms with E-state index < -0.39 is 17.7 Å². The van der Waals surface area contributed by atoms with Crippen LogP contribution in [0.25, 0.3) is 0 Å². The van der Waals surface area contributed by atoms with Crippen molar-refractivity contribution in [1.82, 2.24) is 4.90 Å². The summed E-state index contributed by atoms with van der Waals surface area (Å²) < 4.78 is 5.23. The van der Waals surface area contributed by atoms with Gasteiger partial charge in [0.15, 0.2) is 0 Å². The minimum absolute atomic E-state index is 0.511. The van der Waals surface area contributed by atoms with E-state index in [0.717, 1.165) is 11.8 Å². The van der Waals surface area contributed by atoms with E-state index in [1.54, 1.807) is 40.0 Å². The highest BCUT2D eigenvalue weighted by Gasteiger charge is 2.25. The predicted molar refractivity (Wildman–Crippen MR) is 69.2 cm³/mol. The number of likely N-dealkylation sites (N-methyl/N-ethyl adjacent to an activating group) is 1. The third-order valence-corrected chi connectivity index (χ3v) is 2.37. The molecule has 1 rings (SSSR count).